The van der Waals surface area contributed by atoms with Gasteiger partial charge in [-0.3, -0.25) is 14.3 Å². The number of nitrogens with zero attached hydrogens (tertiary/aromatic N) is 2. The molecule has 0 aliphatic rings. The van der Waals surface area contributed by atoms with Crippen LogP contribution in [0.1, 0.15) is 20.3 Å². The van der Waals surface area contributed by atoms with Gasteiger partial charge in [0.1, 0.15) is 0 Å². The van der Waals surface area contributed by atoms with Crippen molar-refractivity contribution in [2.24, 2.45) is 0 Å². The number of rotatable bonds is 6. The Balaban J connectivity index is 1.84. The first kappa shape index (κ1) is 16.3. The molecule has 1 heterocycles. The van der Waals surface area contributed by atoms with Crippen LogP contribution in [-0.2, 0) is 16.1 Å². The molecule has 0 radical (unpaired) electrons. The molecule has 0 atom stereocenters. The monoisotopic (exact) mass is 322 g/mol. The average molecular weight is 323 g/mol. The van der Waals surface area contributed by atoms with E-state index in [1.807, 2.05) is 26.0 Å². The zero-order valence-corrected chi connectivity index (χ0v) is 13.4. The minimum atomic E-state index is -0.192. The molecule has 0 aliphatic carbocycles. The molecule has 0 unspecified atom stereocenters. The molecule has 2 rings (SSSR count). The second-order valence-electron chi connectivity index (χ2n) is 5.32. The number of hydrogen-bond donors (Lipinski definition) is 2. The minimum absolute atomic E-state index is 0.00746. The molecule has 0 saturated heterocycles. The predicted octanol–water partition coefficient (Wildman–Crippen LogP) is 1.72. The second kappa shape index (κ2) is 7.26. The van der Waals surface area contributed by atoms with E-state index in [9.17, 15) is 9.59 Å². The fourth-order valence-corrected chi connectivity index (χ4v) is 2.26. The summed E-state index contributed by atoms with van der Waals surface area (Å²) in [6.07, 6.45) is 1.98. The van der Waals surface area contributed by atoms with Gasteiger partial charge in [-0.2, -0.15) is 5.10 Å². The lowest BCUT2D eigenvalue weighted by atomic mass is 10.2. The van der Waals surface area contributed by atoms with Crippen molar-refractivity contribution >= 4 is 34.3 Å². The summed E-state index contributed by atoms with van der Waals surface area (Å²) >= 11 is 5.92. The van der Waals surface area contributed by atoms with Gasteiger partial charge in [-0.05, 0) is 32.0 Å². The van der Waals surface area contributed by atoms with Crippen LogP contribution in [0.3, 0.4) is 0 Å². The number of halogens is 1. The first-order valence-electron chi connectivity index (χ1n) is 7.13. The van der Waals surface area contributed by atoms with Gasteiger partial charge in [0, 0.05) is 22.9 Å². The normalized spacial score (nSPS) is 10.9. The minimum Gasteiger partial charge on any atom is -0.352 e. The van der Waals surface area contributed by atoms with Crippen LogP contribution in [0.4, 0.5) is 0 Å². The number of aromatic nitrogens is 2. The van der Waals surface area contributed by atoms with Crippen molar-refractivity contribution in [2.45, 2.75) is 32.9 Å². The van der Waals surface area contributed by atoms with Crippen LogP contribution in [-0.4, -0.2) is 34.2 Å². The first-order chi connectivity index (χ1) is 10.5. The molecule has 6 nitrogen and oxygen atoms in total. The molecule has 1 aromatic carbocycles. The highest BCUT2D eigenvalue weighted by Gasteiger charge is 2.08. The van der Waals surface area contributed by atoms with Gasteiger partial charge in [-0.15, -0.1) is 0 Å². The Morgan fingerprint density at radius 2 is 2.09 bits per heavy atom. The Morgan fingerprint density at radius 1 is 1.32 bits per heavy atom. The first-order valence-corrected chi connectivity index (χ1v) is 7.50. The summed E-state index contributed by atoms with van der Waals surface area (Å²) in [4.78, 5) is 23.2. The van der Waals surface area contributed by atoms with E-state index in [1.54, 1.807) is 16.9 Å². The van der Waals surface area contributed by atoms with E-state index in [2.05, 4.69) is 15.7 Å². The number of nitrogens with one attached hydrogen (secondary N) is 2. The van der Waals surface area contributed by atoms with Crippen molar-refractivity contribution in [3.05, 3.63) is 29.4 Å². The average Bonchev–Trinajstić information content (AvgIpc) is 2.84. The number of fused-ring (bicyclic) bond motifs is 1. The molecule has 1 aromatic heterocycles. The molecule has 7 heteroatoms. The topological polar surface area (TPSA) is 76.0 Å². The third-order valence-electron chi connectivity index (χ3n) is 3.05. The number of carbonyl (C=O) groups excluding carboxylic acids is 2. The maximum atomic E-state index is 11.8. The molecule has 2 aromatic rings. The quantitative estimate of drug-likeness (QED) is 0.850. The fourth-order valence-electron chi connectivity index (χ4n) is 2.08. The van der Waals surface area contributed by atoms with Gasteiger partial charge in [-0.25, -0.2) is 0 Å². The molecule has 0 bridgehead atoms. The third-order valence-corrected chi connectivity index (χ3v) is 3.29. The van der Waals surface area contributed by atoms with Crippen molar-refractivity contribution in [2.75, 3.05) is 6.54 Å². The number of carbonyl (C=O) groups is 2. The number of benzene rings is 1. The molecule has 0 fully saturated rings. The predicted molar refractivity (Wildman–Crippen MR) is 85.6 cm³/mol. The SMILES string of the molecule is CC(C)NC(=O)CNC(=O)CCn1ncc2cc(Cl)ccc21. The van der Waals surface area contributed by atoms with Crippen molar-refractivity contribution in [1.29, 1.82) is 0 Å². The van der Waals surface area contributed by atoms with E-state index in [4.69, 9.17) is 11.6 Å². The Labute approximate surface area is 133 Å². The van der Waals surface area contributed by atoms with E-state index in [1.165, 1.54) is 0 Å². The van der Waals surface area contributed by atoms with Gasteiger partial charge in [0.2, 0.25) is 11.8 Å². The lowest BCUT2D eigenvalue weighted by Gasteiger charge is -2.09. The summed E-state index contributed by atoms with van der Waals surface area (Å²) in [5, 5.41) is 11.1. The highest BCUT2D eigenvalue weighted by atomic mass is 35.5. The van der Waals surface area contributed by atoms with Crippen LogP contribution >= 0.6 is 11.6 Å². The van der Waals surface area contributed by atoms with Gasteiger partial charge in [0.25, 0.3) is 0 Å². The molecule has 0 spiro atoms. The van der Waals surface area contributed by atoms with Crippen LogP contribution in [0.25, 0.3) is 10.9 Å². The molecule has 0 aliphatic heterocycles. The standard InChI is InChI=1S/C15H19ClN4O2/c1-10(2)19-15(22)9-17-14(21)5-6-20-13-4-3-12(16)7-11(13)8-18-20/h3-4,7-8,10H,5-6,9H2,1-2H3,(H,17,21)(H,19,22). The maximum absolute atomic E-state index is 11.8. The Hall–Kier alpha value is -2.08. The van der Waals surface area contributed by atoms with Gasteiger partial charge in [0.05, 0.1) is 24.8 Å². The van der Waals surface area contributed by atoms with E-state index >= 15 is 0 Å². The number of hydrogen-bond acceptors (Lipinski definition) is 3. The van der Waals surface area contributed by atoms with Gasteiger partial charge >= 0.3 is 0 Å². The largest absolute Gasteiger partial charge is 0.352 e. The van der Waals surface area contributed by atoms with E-state index in [0.29, 0.717) is 11.6 Å². The van der Waals surface area contributed by atoms with E-state index < -0.39 is 0 Å². The fraction of sp³-hybridized carbons (Fsp3) is 0.400. The zero-order chi connectivity index (χ0) is 16.1. The van der Waals surface area contributed by atoms with Crippen LogP contribution in [0.2, 0.25) is 5.02 Å². The van der Waals surface area contributed by atoms with E-state index in [0.717, 1.165) is 10.9 Å². The molecule has 118 valence electrons. The summed E-state index contributed by atoms with van der Waals surface area (Å²) in [5.41, 5.74) is 0.926. The summed E-state index contributed by atoms with van der Waals surface area (Å²) in [7, 11) is 0. The van der Waals surface area contributed by atoms with Crippen LogP contribution in [0.5, 0.6) is 0 Å². The number of amides is 2. The summed E-state index contributed by atoms with van der Waals surface area (Å²) in [5.74, 6) is -0.376. The smallest absolute Gasteiger partial charge is 0.239 e. The molecule has 2 N–H and O–H groups in total. The molecular formula is C15H19ClN4O2. The van der Waals surface area contributed by atoms with Crippen molar-refractivity contribution in [3.63, 3.8) is 0 Å². The highest BCUT2D eigenvalue weighted by molar-refractivity contribution is 6.31. The maximum Gasteiger partial charge on any atom is 0.239 e. The van der Waals surface area contributed by atoms with Gasteiger partial charge in [0.15, 0.2) is 0 Å². The lowest BCUT2D eigenvalue weighted by Crippen LogP contribution is -2.40. The Morgan fingerprint density at radius 3 is 2.82 bits per heavy atom. The van der Waals surface area contributed by atoms with Gasteiger partial charge in [-0.1, -0.05) is 11.6 Å². The van der Waals surface area contributed by atoms with Crippen LogP contribution in [0.15, 0.2) is 24.4 Å². The molecule has 22 heavy (non-hydrogen) atoms. The van der Waals surface area contributed by atoms with E-state index in [-0.39, 0.29) is 30.8 Å². The summed E-state index contributed by atoms with van der Waals surface area (Å²) < 4.78 is 1.75. The summed E-state index contributed by atoms with van der Waals surface area (Å²) in [6.45, 7) is 4.18. The molecular weight excluding hydrogens is 304 g/mol. The zero-order valence-electron chi connectivity index (χ0n) is 12.6. The number of aryl methyl sites for hydroxylation is 1. The van der Waals surface area contributed by atoms with Crippen molar-refractivity contribution < 1.29 is 9.59 Å². The van der Waals surface area contributed by atoms with Crippen LogP contribution in [0, 0.1) is 0 Å². The highest BCUT2D eigenvalue weighted by Crippen LogP contribution is 2.18. The molecule has 2 amide bonds. The third kappa shape index (κ3) is 4.46. The molecule has 0 saturated carbocycles. The van der Waals surface area contributed by atoms with Crippen molar-refractivity contribution in [3.8, 4) is 0 Å². The Bertz CT molecular complexity index is 681. The second-order valence-corrected chi connectivity index (χ2v) is 5.76. The van der Waals surface area contributed by atoms with Gasteiger partial charge < -0.3 is 10.6 Å². The summed E-state index contributed by atoms with van der Waals surface area (Å²) in [6, 6.07) is 5.56. The van der Waals surface area contributed by atoms with Crippen LogP contribution < -0.4 is 10.6 Å². The Kier molecular flexibility index (Phi) is 5.38. The van der Waals surface area contributed by atoms with Crippen molar-refractivity contribution in [1.82, 2.24) is 20.4 Å². The lowest BCUT2D eigenvalue weighted by molar-refractivity contribution is -0.126.